The zero-order valence-electron chi connectivity index (χ0n) is 14.0. The lowest BCUT2D eigenvalue weighted by atomic mass is 10.1. The molecule has 0 fully saturated rings. The average Bonchev–Trinajstić information content (AvgIpc) is 2.67. The summed E-state index contributed by atoms with van der Waals surface area (Å²) in [5.41, 5.74) is 0.513. The third-order valence-corrected chi connectivity index (χ3v) is 4.50. The van der Waals surface area contributed by atoms with Gasteiger partial charge in [0.2, 0.25) is 0 Å². The highest BCUT2D eigenvalue weighted by atomic mass is 16.6. The molecule has 1 aliphatic heterocycles. The van der Waals surface area contributed by atoms with E-state index < -0.39 is 0 Å². The molecule has 2 atom stereocenters. The maximum absolute atomic E-state index is 12.9. The number of para-hydroxylation sites is 2. The van der Waals surface area contributed by atoms with Crippen LogP contribution >= 0.6 is 0 Å². The van der Waals surface area contributed by atoms with E-state index in [0.717, 1.165) is 5.75 Å². The van der Waals surface area contributed by atoms with Crippen molar-refractivity contribution in [2.75, 3.05) is 13.7 Å². The van der Waals surface area contributed by atoms with E-state index in [0.29, 0.717) is 29.0 Å². The van der Waals surface area contributed by atoms with Gasteiger partial charge >= 0.3 is 0 Å². The van der Waals surface area contributed by atoms with Crippen LogP contribution in [-0.2, 0) is 0 Å². The van der Waals surface area contributed by atoms with E-state index in [9.17, 15) is 4.79 Å². The van der Waals surface area contributed by atoms with Gasteiger partial charge in [-0.25, -0.2) is 4.98 Å². The smallest absolute Gasteiger partial charge is 0.261 e. The summed E-state index contributed by atoms with van der Waals surface area (Å²) in [7, 11) is 1.57. The van der Waals surface area contributed by atoms with Gasteiger partial charge in [-0.05, 0) is 37.3 Å². The zero-order valence-corrected chi connectivity index (χ0v) is 14.0. The topological polar surface area (TPSA) is 62.6 Å². The zero-order chi connectivity index (χ0) is 17.4. The molecule has 4 rings (SSSR count). The molecule has 0 saturated carbocycles. The van der Waals surface area contributed by atoms with Gasteiger partial charge < -0.3 is 14.2 Å². The number of hydrogen-bond donors (Lipinski definition) is 0. The molecule has 0 N–H and O–H groups in total. The maximum atomic E-state index is 12.9. The second-order valence-corrected chi connectivity index (χ2v) is 5.99. The Hall–Kier alpha value is -3.02. The van der Waals surface area contributed by atoms with Gasteiger partial charge in [0.25, 0.3) is 5.56 Å². The monoisotopic (exact) mass is 338 g/mol. The summed E-state index contributed by atoms with van der Waals surface area (Å²) in [6.07, 6.45) is 1.28. The van der Waals surface area contributed by atoms with Gasteiger partial charge in [0.1, 0.15) is 12.4 Å². The Kier molecular flexibility index (Phi) is 3.80. The van der Waals surface area contributed by atoms with E-state index in [4.69, 9.17) is 14.2 Å². The predicted octanol–water partition coefficient (Wildman–Crippen LogP) is 2.81. The van der Waals surface area contributed by atoms with Crippen LogP contribution in [0.3, 0.4) is 0 Å². The van der Waals surface area contributed by atoms with Crippen molar-refractivity contribution in [3.8, 4) is 17.2 Å². The lowest BCUT2D eigenvalue weighted by molar-refractivity contribution is 0.0559. The van der Waals surface area contributed by atoms with Crippen molar-refractivity contribution in [3.63, 3.8) is 0 Å². The number of fused-ring (bicyclic) bond motifs is 2. The second-order valence-electron chi connectivity index (χ2n) is 5.99. The largest absolute Gasteiger partial charge is 0.497 e. The minimum atomic E-state index is -0.280. The van der Waals surface area contributed by atoms with E-state index in [-0.39, 0.29) is 17.7 Å². The molecule has 0 saturated heterocycles. The molecule has 0 amide bonds. The van der Waals surface area contributed by atoms with Crippen molar-refractivity contribution in [1.29, 1.82) is 0 Å². The van der Waals surface area contributed by atoms with Crippen LogP contribution in [0.2, 0.25) is 0 Å². The SMILES string of the molecule is COc1ccc2ncn([C@@H](C)[C@H]3COc4ccccc4O3)c(=O)c2c1. The number of hydrogen-bond acceptors (Lipinski definition) is 5. The van der Waals surface area contributed by atoms with Crippen LogP contribution in [0.25, 0.3) is 10.9 Å². The number of nitrogens with zero attached hydrogens (tertiary/aromatic N) is 2. The molecular weight excluding hydrogens is 320 g/mol. The Morgan fingerprint density at radius 3 is 2.84 bits per heavy atom. The Labute approximate surface area is 144 Å². The summed E-state index contributed by atoms with van der Waals surface area (Å²) >= 11 is 0. The summed E-state index contributed by atoms with van der Waals surface area (Å²) in [5, 5.41) is 0.519. The molecule has 1 aliphatic rings. The fourth-order valence-corrected chi connectivity index (χ4v) is 2.98. The second kappa shape index (κ2) is 6.12. The summed E-state index contributed by atoms with van der Waals surface area (Å²) in [5.74, 6) is 2.04. The molecular formula is C19H18N2O4. The van der Waals surface area contributed by atoms with Crippen molar-refractivity contribution >= 4 is 10.9 Å². The Morgan fingerprint density at radius 1 is 1.24 bits per heavy atom. The molecule has 2 heterocycles. The first kappa shape index (κ1) is 15.5. The van der Waals surface area contributed by atoms with Crippen LogP contribution in [0, 0.1) is 0 Å². The molecule has 3 aromatic rings. The first-order chi connectivity index (χ1) is 12.2. The molecule has 6 heteroatoms. The molecule has 6 nitrogen and oxygen atoms in total. The minimum Gasteiger partial charge on any atom is -0.497 e. The van der Waals surface area contributed by atoms with Crippen LogP contribution in [0.15, 0.2) is 53.6 Å². The Bertz CT molecular complexity index is 983. The number of aromatic nitrogens is 2. The van der Waals surface area contributed by atoms with Gasteiger partial charge in [0, 0.05) is 0 Å². The lowest BCUT2D eigenvalue weighted by Gasteiger charge is -2.31. The molecule has 0 unspecified atom stereocenters. The van der Waals surface area contributed by atoms with Crippen molar-refractivity contribution in [1.82, 2.24) is 9.55 Å². The highest BCUT2D eigenvalue weighted by Gasteiger charge is 2.28. The molecule has 0 radical (unpaired) electrons. The number of rotatable bonds is 3. The van der Waals surface area contributed by atoms with Gasteiger partial charge in [-0.3, -0.25) is 9.36 Å². The molecule has 0 spiro atoms. The molecule has 0 bridgehead atoms. The highest BCUT2D eigenvalue weighted by molar-refractivity contribution is 5.78. The first-order valence-electron chi connectivity index (χ1n) is 8.11. The molecule has 2 aromatic carbocycles. The lowest BCUT2D eigenvalue weighted by Crippen LogP contribution is -2.39. The van der Waals surface area contributed by atoms with E-state index in [2.05, 4.69) is 4.98 Å². The summed E-state index contributed by atoms with van der Waals surface area (Å²) in [4.78, 5) is 17.3. The Morgan fingerprint density at radius 2 is 2.04 bits per heavy atom. The van der Waals surface area contributed by atoms with Gasteiger partial charge in [0.05, 0.1) is 30.4 Å². The minimum absolute atomic E-state index is 0.126. The fourth-order valence-electron chi connectivity index (χ4n) is 2.98. The fraction of sp³-hybridized carbons (Fsp3) is 0.263. The molecule has 25 heavy (non-hydrogen) atoms. The molecule has 0 aliphatic carbocycles. The third kappa shape index (κ3) is 2.69. The number of benzene rings is 2. The number of methoxy groups -OCH3 is 1. The van der Waals surface area contributed by atoms with E-state index in [1.54, 1.807) is 36.2 Å². The van der Waals surface area contributed by atoms with Crippen molar-refractivity contribution in [3.05, 3.63) is 59.1 Å². The number of ether oxygens (including phenoxy) is 3. The first-order valence-corrected chi connectivity index (χ1v) is 8.11. The van der Waals surface area contributed by atoms with Crippen LogP contribution in [0.4, 0.5) is 0 Å². The van der Waals surface area contributed by atoms with Gasteiger partial charge in [-0.1, -0.05) is 12.1 Å². The molecule has 1 aromatic heterocycles. The van der Waals surface area contributed by atoms with Crippen LogP contribution in [0.5, 0.6) is 17.2 Å². The third-order valence-electron chi connectivity index (χ3n) is 4.50. The van der Waals surface area contributed by atoms with Crippen LogP contribution in [0.1, 0.15) is 13.0 Å². The quantitative estimate of drug-likeness (QED) is 0.735. The van der Waals surface area contributed by atoms with Crippen molar-refractivity contribution in [2.24, 2.45) is 0 Å². The Balaban J connectivity index is 1.70. The van der Waals surface area contributed by atoms with Crippen LogP contribution < -0.4 is 19.8 Å². The molecule has 128 valence electrons. The van der Waals surface area contributed by atoms with Gasteiger partial charge in [-0.2, -0.15) is 0 Å². The standard InChI is InChI=1S/C19H18N2O4/c1-12(18-10-24-16-5-3-4-6-17(16)25-18)21-11-20-15-8-7-13(23-2)9-14(15)19(21)22/h3-9,11-12,18H,10H2,1-2H3/t12-,18+/m0/s1. The van der Waals surface area contributed by atoms with E-state index >= 15 is 0 Å². The average molecular weight is 338 g/mol. The van der Waals surface area contributed by atoms with Crippen molar-refractivity contribution in [2.45, 2.75) is 19.1 Å². The maximum Gasteiger partial charge on any atom is 0.261 e. The summed E-state index contributed by atoms with van der Waals surface area (Å²) in [6, 6.07) is 12.6. The highest BCUT2D eigenvalue weighted by Crippen LogP contribution is 2.33. The van der Waals surface area contributed by atoms with Gasteiger partial charge in [-0.15, -0.1) is 0 Å². The van der Waals surface area contributed by atoms with E-state index in [1.807, 2.05) is 31.2 Å². The summed E-state index contributed by atoms with van der Waals surface area (Å²) in [6.45, 7) is 2.30. The van der Waals surface area contributed by atoms with Gasteiger partial charge in [0.15, 0.2) is 17.6 Å². The van der Waals surface area contributed by atoms with E-state index in [1.165, 1.54) is 0 Å². The predicted molar refractivity (Wildman–Crippen MR) is 93.6 cm³/mol. The normalized spacial score (nSPS) is 17.3. The van der Waals surface area contributed by atoms with Crippen molar-refractivity contribution < 1.29 is 14.2 Å². The van der Waals surface area contributed by atoms with Crippen LogP contribution in [-0.4, -0.2) is 29.4 Å². The summed E-state index contributed by atoms with van der Waals surface area (Å²) < 4.78 is 18.6.